The monoisotopic (exact) mass is 557 g/mol. The fourth-order valence-corrected chi connectivity index (χ4v) is 5.68. The highest BCUT2D eigenvalue weighted by molar-refractivity contribution is 6.29. The van der Waals surface area contributed by atoms with Crippen LogP contribution in [-0.2, 0) is 26.6 Å². The lowest BCUT2D eigenvalue weighted by Crippen LogP contribution is -2.45. The number of allylic oxidation sites excluding steroid dienone is 1. The molecule has 0 bridgehead atoms. The first-order chi connectivity index (χ1) is 18.8. The van der Waals surface area contributed by atoms with Crippen LogP contribution >= 0.6 is 11.6 Å². The fourth-order valence-electron chi connectivity index (χ4n) is 5.63. The van der Waals surface area contributed by atoms with Gasteiger partial charge in [-0.15, -0.1) is 11.4 Å². The molecular formula is C27H36ClN7O4. The lowest BCUT2D eigenvalue weighted by molar-refractivity contribution is -0.273. The number of imidazole rings is 1. The van der Waals surface area contributed by atoms with Crippen LogP contribution < -0.4 is 5.48 Å². The normalized spacial score (nSPS) is 23.7. The van der Waals surface area contributed by atoms with Crippen molar-refractivity contribution >= 4 is 34.8 Å². The van der Waals surface area contributed by atoms with E-state index in [-0.39, 0.29) is 17.6 Å². The van der Waals surface area contributed by atoms with Crippen LogP contribution in [0.4, 0.5) is 0 Å². The van der Waals surface area contributed by atoms with Crippen LogP contribution in [0, 0.1) is 29.6 Å². The number of terminal acetylenes is 1. The third-order valence-electron chi connectivity index (χ3n) is 7.65. The molecule has 2 aromatic rings. The van der Waals surface area contributed by atoms with E-state index in [1.54, 1.807) is 20.2 Å². The summed E-state index contributed by atoms with van der Waals surface area (Å²) in [6.45, 7) is 5.61. The Bertz CT molecular complexity index is 1280. The second kappa shape index (κ2) is 13.0. The molecule has 12 heteroatoms. The third kappa shape index (κ3) is 6.15. The molecule has 2 aliphatic rings. The number of ether oxygens (including phenoxy) is 2. The van der Waals surface area contributed by atoms with Gasteiger partial charge in [0.05, 0.1) is 18.2 Å². The van der Waals surface area contributed by atoms with Crippen LogP contribution in [0.3, 0.4) is 0 Å². The number of nitrogens with one attached hydrogen (secondary N) is 2. The molecule has 0 spiro atoms. The number of fused-ring (bicyclic) bond motifs is 1. The van der Waals surface area contributed by atoms with Crippen molar-refractivity contribution in [2.24, 2.45) is 16.8 Å². The summed E-state index contributed by atoms with van der Waals surface area (Å²) in [6.07, 6.45) is 15.6. The number of amidine groups is 1. The molecule has 3 heterocycles. The van der Waals surface area contributed by atoms with Gasteiger partial charge in [0.25, 0.3) is 0 Å². The Labute approximate surface area is 233 Å². The Morgan fingerprint density at radius 1 is 1.38 bits per heavy atom. The first-order valence-corrected chi connectivity index (χ1v) is 13.6. The molecular weight excluding hydrogens is 522 g/mol. The number of aromatic nitrogens is 4. The van der Waals surface area contributed by atoms with Crippen LogP contribution in [0.1, 0.15) is 75.6 Å². The molecule has 210 valence electrons. The van der Waals surface area contributed by atoms with Crippen molar-refractivity contribution < 1.29 is 19.7 Å². The molecule has 4 rings (SSSR count). The Morgan fingerprint density at radius 2 is 2.15 bits per heavy atom. The van der Waals surface area contributed by atoms with E-state index in [1.165, 1.54) is 25.5 Å². The van der Waals surface area contributed by atoms with Crippen LogP contribution in [0.5, 0.6) is 0 Å². The molecule has 2 aromatic heterocycles. The number of rotatable bonds is 9. The number of nitrogens with zero attached hydrogens (tertiary/aromatic N) is 5. The van der Waals surface area contributed by atoms with Gasteiger partial charge in [0.1, 0.15) is 16.9 Å². The first-order valence-electron chi connectivity index (χ1n) is 13.2. The van der Waals surface area contributed by atoms with Crippen molar-refractivity contribution in [1.82, 2.24) is 25.0 Å². The van der Waals surface area contributed by atoms with E-state index in [2.05, 4.69) is 42.8 Å². The van der Waals surface area contributed by atoms with Crippen molar-refractivity contribution in [1.29, 1.82) is 5.41 Å². The number of methoxy groups -OCH3 is 1. The zero-order chi connectivity index (χ0) is 28.0. The summed E-state index contributed by atoms with van der Waals surface area (Å²) in [5.41, 5.74) is 2.88. The zero-order valence-electron chi connectivity index (χ0n) is 22.6. The predicted octanol–water partition coefficient (Wildman–Crippen LogP) is 4.51. The molecule has 3 atom stereocenters. The summed E-state index contributed by atoms with van der Waals surface area (Å²) >= 11 is 5.97. The van der Waals surface area contributed by atoms with E-state index >= 15 is 0 Å². The molecule has 0 radical (unpaired) electrons. The zero-order valence-corrected chi connectivity index (χ0v) is 23.4. The third-order valence-corrected chi connectivity index (χ3v) is 7.75. The highest BCUT2D eigenvalue weighted by Crippen LogP contribution is 2.42. The van der Waals surface area contributed by atoms with Crippen molar-refractivity contribution in [2.75, 3.05) is 20.3 Å². The van der Waals surface area contributed by atoms with Crippen LogP contribution in [0.2, 0.25) is 0 Å². The number of aliphatic imine (C=N–C) groups is 1. The molecule has 39 heavy (non-hydrogen) atoms. The van der Waals surface area contributed by atoms with Gasteiger partial charge in [-0.25, -0.2) is 25.7 Å². The average molecular weight is 558 g/mol. The molecule has 0 aromatic carbocycles. The van der Waals surface area contributed by atoms with Crippen molar-refractivity contribution in [3.63, 3.8) is 0 Å². The summed E-state index contributed by atoms with van der Waals surface area (Å²) in [4.78, 5) is 22.5. The number of hydrogen-bond acceptors (Lipinski definition) is 9. The summed E-state index contributed by atoms with van der Waals surface area (Å²) in [5.74, 6) is 2.92. The van der Waals surface area contributed by atoms with Gasteiger partial charge >= 0.3 is 0 Å². The van der Waals surface area contributed by atoms with E-state index in [1.807, 2.05) is 0 Å². The van der Waals surface area contributed by atoms with Gasteiger partial charge in [0, 0.05) is 50.0 Å². The van der Waals surface area contributed by atoms with Gasteiger partial charge in [-0.3, -0.25) is 10.4 Å². The van der Waals surface area contributed by atoms with Crippen molar-refractivity contribution in [3.05, 3.63) is 28.6 Å². The number of hydroxylamine groups is 1. The van der Waals surface area contributed by atoms with Gasteiger partial charge in [-0.1, -0.05) is 43.7 Å². The average Bonchev–Trinajstić information content (AvgIpc) is 3.30. The largest absolute Gasteiger partial charge is 0.381 e. The molecule has 0 amide bonds. The first kappa shape index (κ1) is 29.1. The Balaban J connectivity index is 2.00. The Morgan fingerprint density at radius 3 is 2.79 bits per heavy atom. The van der Waals surface area contributed by atoms with E-state index in [0.29, 0.717) is 54.0 Å². The maximum Gasteiger partial charge on any atom is 0.199 e. The summed E-state index contributed by atoms with van der Waals surface area (Å²) in [7, 11) is 1.71. The predicted molar refractivity (Wildman–Crippen MR) is 149 cm³/mol. The van der Waals surface area contributed by atoms with Gasteiger partial charge < -0.3 is 14.0 Å². The number of halogens is 1. The van der Waals surface area contributed by atoms with Gasteiger partial charge in [-0.05, 0) is 25.7 Å². The molecule has 1 saturated heterocycles. The molecule has 3 N–H and O–H groups in total. The molecule has 1 aliphatic heterocycles. The minimum Gasteiger partial charge on any atom is -0.381 e. The van der Waals surface area contributed by atoms with Gasteiger partial charge in [0.15, 0.2) is 17.3 Å². The van der Waals surface area contributed by atoms with Crippen LogP contribution in [0.15, 0.2) is 16.2 Å². The van der Waals surface area contributed by atoms with E-state index in [9.17, 15) is 0 Å². The lowest BCUT2D eigenvalue weighted by atomic mass is 9.83. The van der Waals surface area contributed by atoms with E-state index in [4.69, 9.17) is 43.1 Å². The minimum absolute atomic E-state index is 0.0265. The number of hydrogen-bond donors (Lipinski definition) is 3. The Kier molecular flexibility index (Phi) is 9.69. The smallest absolute Gasteiger partial charge is 0.199 e. The summed E-state index contributed by atoms with van der Waals surface area (Å²) in [5, 5.41) is 17.6. The molecule has 2 fully saturated rings. The standard InChI is InChI=1S/C27H36ClN7O4/c1-5-20(14-30-13-18(3)28)21-22-24(32-25(31-21)23(29)34-39-36)33-26(27(37-4)11-12-38-16-17(27)2)35(22)15-19-9-7-6-8-10-19/h1,13-14,17,19-20,36H,6-12,15-16H2,2-4H3,(H2,29,34)/b18-13+,30-14-. The van der Waals surface area contributed by atoms with E-state index in [0.717, 1.165) is 18.7 Å². The van der Waals surface area contributed by atoms with Crippen molar-refractivity contribution in [3.8, 4) is 12.3 Å². The Hall–Kier alpha value is -2.88. The highest BCUT2D eigenvalue weighted by atomic mass is 35.5. The minimum atomic E-state index is -0.705. The van der Waals surface area contributed by atoms with Crippen molar-refractivity contribution in [2.45, 2.75) is 70.4 Å². The highest BCUT2D eigenvalue weighted by Gasteiger charge is 2.46. The topological polar surface area (TPSA) is 140 Å². The molecule has 1 saturated carbocycles. The maximum absolute atomic E-state index is 8.87. The van der Waals surface area contributed by atoms with Gasteiger partial charge in [-0.2, -0.15) is 0 Å². The van der Waals surface area contributed by atoms with Crippen LogP contribution in [-0.4, -0.2) is 57.2 Å². The molecule has 11 nitrogen and oxygen atoms in total. The molecule has 1 aliphatic carbocycles. The quantitative estimate of drug-likeness (QED) is 0.134. The lowest BCUT2D eigenvalue weighted by Gasteiger charge is -2.41. The van der Waals surface area contributed by atoms with E-state index < -0.39 is 11.5 Å². The molecule has 3 unspecified atom stereocenters. The summed E-state index contributed by atoms with van der Waals surface area (Å²) < 4.78 is 14.2. The second-order valence-corrected chi connectivity index (χ2v) is 10.8. The van der Waals surface area contributed by atoms with Gasteiger partial charge in [0.2, 0.25) is 0 Å². The second-order valence-electron chi connectivity index (χ2n) is 10.2. The fraction of sp³-hybridized carbons (Fsp3) is 0.593. The SMILES string of the molecule is C#CC(/C=N\C=C(/C)Cl)c1nc(C(=N)NOO)nc2nc(C3(OC)CCOCC3C)n(CC3CCCCC3)c12. The van der Waals surface area contributed by atoms with Crippen LogP contribution in [0.25, 0.3) is 11.2 Å². The maximum atomic E-state index is 8.87. The summed E-state index contributed by atoms with van der Waals surface area (Å²) in [6, 6.07) is 0.